The van der Waals surface area contributed by atoms with Crippen molar-refractivity contribution in [2.24, 2.45) is 0 Å². The molecule has 22 heavy (non-hydrogen) atoms. The standard InChI is InChI=1S/C15H19N5O.ClH/c1-2-8-20(9-3-1)13-5-4-11(10-17-13)14-18-15(21-19-14)12-6-7-16-12;/h4-5,10,12,16H,1-3,6-9H2;1H/t12-;/m1./s1. The van der Waals surface area contributed by atoms with Gasteiger partial charge in [-0.3, -0.25) is 0 Å². The molecule has 0 bridgehead atoms. The summed E-state index contributed by atoms with van der Waals surface area (Å²) in [5.41, 5.74) is 0.907. The smallest absolute Gasteiger partial charge is 0.244 e. The van der Waals surface area contributed by atoms with E-state index in [0.717, 1.165) is 37.4 Å². The number of hydrogen-bond acceptors (Lipinski definition) is 6. The number of nitrogens with zero attached hydrogens (tertiary/aromatic N) is 4. The molecular formula is C15H20ClN5O. The fraction of sp³-hybridized carbons (Fsp3) is 0.533. The Kier molecular flexibility index (Phi) is 4.59. The van der Waals surface area contributed by atoms with Crippen molar-refractivity contribution in [1.82, 2.24) is 20.4 Å². The lowest BCUT2D eigenvalue weighted by molar-refractivity contribution is 0.273. The summed E-state index contributed by atoms with van der Waals surface area (Å²) >= 11 is 0. The van der Waals surface area contributed by atoms with E-state index in [-0.39, 0.29) is 18.4 Å². The van der Waals surface area contributed by atoms with Gasteiger partial charge in [-0.1, -0.05) is 5.16 Å². The molecule has 2 aromatic heterocycles. The molecular weight excluding hydrogens is 302 g/mol. The summed E-state index contributed by atoms with van der Waals surface area (Å²) in [7, 11) is 0. The van der Waals surface area contributed by atoms with Crippen LogP contribution < -0.4 is 10.2 Å². The van der Waals surface area contributed by atoms with Crippen molar-refractivity contribution in [2.45, 2.75) is 31.7 Å². The average Bonchev–Trinajstić information content (AvgIpc) is 2.96. The lowest BCUT2D eigenvalue weighted by atomic mass is 10.1. The minimum atomic E-state index is 0. The number of halogens is 1. The Morgan fingerprint density at radius 1 is 1.18 bits per heavy atom. The van der Waals surface area contributed by atoms with E-state index in [1.54, 1.807) is 0 Å². The van der Waals surface area contributed by atoms with Crippen LogP contribution in [0.25, 0.3) is 11.4 Å². The van der Waals surface area contributed by atoms with E-state index in [4.69, 9.17) is 4.52 Å². The van der Waals surface area contributed by atoms with E-state index >= 15 is 0 Å². The van der Waals surface area contributed by atoms with Gasteiger partial charge in [0.25, 0.3) is 0 Å². The number of hydrogen-bond donors (Lipinski definition) is 1. The van der Waals surface area contributed by atoms with Gasteiger partial charge >= 0.3 is 0 Å². The predicted molar refractivity (Wildman–Crippen MR) is 86.2 cm³/mol. The Morgan fingerprint density at radius 3 is 2.64 bits per heavy atom. The Bertz CT molecular complexity index is 605. The lowest BCUT2D eigenvalue weighted by Gasteiger charge is -2.27. The summed E-state index contributed by atoms with van der Waals surface area (Å²) in [5.74, 6) is 2.34. The summed E-state index contributed by atoms with van der Waals surface area (Å²) in [4.78, 5) is 11.3. The van der Waals surface area contributed by atoms with Crippen LogP contribution in [0.5, 0.6) is 0 Å². The van der Waals surface area contributed by atoms with Gasteiger partial charge < -0.3 is 14.7 Å². The van der Waals surface area contributed by atoms with Crippen molar-refractivity contribution in [2.75, 3.05) is 24.5 Å². The van der Waals surface area contributed by atoms with Crippen molar-refractivity contribution in [3.8, 4) is 11.4 Å². The SMILES string of the molecule is Cl.c1cc(N2CCCCC2)ncc1-c1noc([C@H]2CCN2)n1. The molecule has 4 heterocycles. The zero-order valence-electron chi connectivity index (χ0n) is 12.4. The number of nitrogens with one attached hydrogen (secondary N) is 1. The van der Waals surface area contributed by atoms with Gasteiger partial charge in [0, 0.05) is 24.8 Å². The number of piperidine rings is 1. The van der Waals surface area contributed by atoms with Gasteiger partial charge in [-0.05, 0) is 44.4 Å². The summed E-state index contributed by atoms with van der Waals surface area (Å²) in [6.45, 7) is 3.23. The van der Waals surface area contributed by atoms with Crippen molar-refractivity contribution in [3.63, 3.8) is 0 Å². The number of pyridine rings is 1. The fourth-order valence-electron chi connectivity index (χ4n) is 2.82. The van der Waals surface area contributed by atoms with Crippen LogP contribution in [0.1, 0.15) is 37.6 Å². The molecule has 0 unspecified atom stereocenters. The summed E-state index contributed by atoms with van der Waals surface area (Å²) in [6, 6.07) is 4.31. The zero-order valence-corrected chi connectivity index (χ0v) is 13.2. The van der Waals surface area contributed by atoms with Crippen LogP contribution in [0, 0.1) is 0 Å². The third-order valence-corrected chi connectivity index (χ3v) is 4.25. The summed E-state index contributed by atoms with van der Waals surface area (Å²) in [5, 5.41) is 7.31. The molecule has 6 nitrogen and oxygen atoms in total. The van der Waals surface area contributed by atoms with Crippen LogP contribution in [0.4, 0.5) is 5.82 Å². The molecule has 0 spiro atoms. The van der Waals surface area contributed by atoms with E-state index in [9.17, 15) is 0 Å². The van der Waals surface area contributed by atoms with E-state index in [1.807, 2.05) is 12.3 Å². The van der Waals surface area contributed by atoms with Gasteiger partial charge in [-0.2, -0.15) is 4.98 Å². The zero-order chi connectivity index (χ0) is 14.1. The maximum Gasteiger partial charge on any atom is 0.244 e. The molecule has 2 fully saturated rings. The molecule has 4 rings (SSSR count). The van der Waals surface area contributed by atoms with Gasteiger partial charge in [0.15, 0.2) is 0 Å². The quantitative estimate of drug-likeness (QED) is 0.937. The van der Waals surface area contributed by atoms with Crippen LogP contribution >= 0.6 is 12.4 Å². The fourth-order valence-corrected chi connectivity index (χ4v) is 2.82. The third kappa shape index (κ3) is 2.94. The van der Waals surface area contributed by atoms with Gasteiger partial charge in [0.1, 0.15) is 5.82 Å². The van der Waals surface area contributed by atoms with Crippen LogP contribution in [0.15, 0.2) is 22.9 Å². The van der Waals surface area contributed by atoms with Gasteiger partial charge in [0.2, 0.25) is 11.7 Å². The highest BCUT2D eigenvalue weighted by atomic mass is 35.5. The highest BCUT2D eigenvalue weighted by molar-refractivity contribution is 5.85. The summed E-state index contributed by atoms with van der Waals surface area (Å²) < 4.78 is 5.31. The normalized spacial score (nSPS) is 21.1. The van der Waals surface area contributed by atoms with Crippen LogP contribution in [-0.4, -0.2) is 34.8 Å². The van der Waals surface area contributed by atoms with E-state index < -0.39 is 0 Å². The van der Waals surface area contributed by atoms with Crippen molar-refractivity contribution in [1.29, 1.82) is 0 Å². The maximum absolute atomic E-state index is 5.31. The molecule has 0 amide bonds. The number of rotatable bonds is 3. The van der Waals surface area contributed by atoms with Crippen molar-refractivity contribution in [3.05, 3.63) is 24.2 Å². The largest absolute Gasteiger partial charge is 0.357 e. The summed E-state index contributed by atoms with van der Waals surface area (Å²) in [6.07, 6.45) is 6.74. The maximum atomic E-state index is 5.31. The third-order valence-electron chi connectivity index (χ3n) is 4.25. The van der Waals surface area contributed by atoms with Gasteiger partial charge in [-0.15, -0.1) is 12.4 Å². The molecule has 1 atom stereocenters. The van der Waals surface area contributed by atoms with Crippen LogP contribution in [0.2, 0.25) is 0 Å². The van der Waals surface area contributed by atoms with Crippen molar-refractivity contribution >= 4 is 18.2 Å². The Labute approximate surface area is 135 Å². The first-order valence-electron chi connectivity index (χ1n) is 7.68. The molecule has 1 N–H and O–H groups in total. The van der Waals surface area contributed by atoms with E-state index in [1.165, 1.54) is 19.3 Å². The first-order valence-corrected chi connectivity index (χ1v) is 7.68. The van der Waals surface area contributed by atoms with E-state index in [2.05, 4.69) is 31.4 Å². The molecule has 118 valence electrons. The Morgan fingerprint density at radius 2 is 2.00 bits per heavy atom. The van der Waals surface area contributed by atoms with Crippen LogP contribution in [0.3, 0.4) is 0 Å². The number of anilines is 1. The average molecular weight is 322 g/mol. The second-order valence-electron chi connectivity index (χ2n) is 5.70. The molecule has 0 aliphatic carbocycles. The topological polar surface area (TPSA) is 67.1 Å². The molecule has 0 radical (unpaired) electrons. The molecule has 2 aromatic rings. The molecule has 2 aliphatic heterocycles. The highest BCUT2D eigenvalue weighted by Gasteiger charge is 2.25. The molecule has 0 aromatic carbocycles. The first kappa shape index (κ1) is 15.2. The Balaban J connectivity index is 0.00000144. The second-order valence-corrected chi connectivity index (χ2v) is 5.70. The molecule has 0 saturated carbocycles. The molecule has 7 heteroatoms. The predicted octanol–water partition coefficient (Wildman–Crippen LogP) is 2.58. The minimum absolute atomic E-state index is 0. The lowest BCUT2D eigenvalue weighted by Crippen LogP contribution is -2.35. The minimum Gasteiger partial charge on any atom is -0.357 e. The first-order chi connectivity index (χ1) is 10.4. The molecule has 2 aliphatic rings. The Hall–Kier alpha value is -1.66. The number of aromatic nitrogens is 3. The second kappa shape index (κ2) is 6.62. The van der Waals surface area contributed by atoms with Crippen LogP contribution in [-0.2, 0) is 0 Å². The van der Waals surface area contributed by atoms with Crippen molar-refractivity contribution < 1.29 is 4.52 Å². The highest BCUT2D eigenvalue weighted by Crippen LogP contribution is 2.25. The molecule has 2 saturated heterocycles. The monoisotopic (exact) mass is 321 g/mol. The van der Waals surface area contributed by atoms with Gasteiger partial charge in [0.05, 0.1) is 6.04 Å². The van der Waals surface area contributed by atoms with Gasteiger partial charge in [-0.25, -0.2) is 4.98 Å². The van der Waals surface area contributed by atoms with E-state index in [0.29, 0.717) is 11.7 Å².